The van der Waals surface area contributed by atoms with E-state index in [-0.39, 0.29) is 30.0 Å². The SMILES string of the molecule is CCOc1ccc(C(C)NC(=NC)NCc2cnn(C)c2)cc1OCC.I. The molecule has 0 aliphatic heterocycles. The van der Waals surface area contributed by atoms with Gasteiger partial charge < -0.3 is 20.1 Å². The van der Waals surface area contributed by atoms with Crippen LogP contribution in [0.5, 0.6) is 11.5 Å². The fraction of sp³-hybridized carbons (Fsp3) is 0.474. The summed E-state index contributed by atoms with van der Waals surface area (Å²) in [6.45, 7) is 7.88. The van der Waals surface area contributed by atoms with Gasteiger partial charge in [0.05, 0.1) is 25.5 Å². The first kappa shape index (κ1) is 23.1. The Morgan fingerprint density at radius 2 is 1.93 bits per heavy atom. The smallest absolute Gasteiger partial charge is 0.191 e. The van der Waals surface area contributed by atoms with Crippen LogP contribution in [0.25, 0.3) is 0 Å². The first-order chi connectivity index (χ1) is 12.6. The lowest BCUT2D eigenvalue weighted by molar-refractivity contribution is 0.287. The first-order valence-corrected chi connectivity index (χ1v) is 8.91. The molecule has 0 aliphatic rings. The first-order valence-electron chi connectivity index (χ1n) is 8.91. The monoisotopic (exact) mass is 487 g/mol. The van der Waals surface area contributed by atoms with Crippen molar-refractivity contribution in [3.05, 3.63) is 41.7 Å². The zero-order valence-corrected chi connectivity index (χ0v) is 19.0. The number of hydrogen-bond acceptors (Lipinski definition) is 4. The van der Waals surface area contributed by atoms with Gasteiger partial charge in [0.1, 0.15) is 0 Å². The molecule has 0 saturated heterocycles. The lowest BCUT2D eigenvalue weighted by Gasteiger charge is -2.20. The zero-order chi connectivity index (χ0) is 18.9. The molecular weight excluding hydrogens is 457 g/mol. The van der Waals surface area contributed by atoms with Crippen LogP contribution < -0.4 is 20.1 Å². The van der Waals surface area contributed by atoms with Gasteiger partial charge in [-0.25, -0.2) is 0 Å². The summed E-state index contributed by atoms with van der Waals surface area (Å²) in [6.07, 6.45) is 3.81. The highest BCUT2D eigenvalue weighted by atomic mass is 127. The van der Waals surface area contributed by atoms with Gasteiger partial charge in [0.25, 0.3) is 0 Å². The second-order valence-electron chi connectivity index (χ2n) is 5.89. The molecule has 0 aliphatic carbocycles. The average molecular weight is 487 g/mol. The van der Waals surface area contributed by atoms with Crippen LogP contribution in [-0.2, 0) is 13.6 Å². The molecule has 27 heavy (non-hydrogen) atoms. The van der Waals surface area contributed by atoms with Gasteiger partial charge in [-0.05, 0) is 38.5 Å². The lowest BCUT2D eigenvalue weighted by atomic mass is 10.1. The van der Waals surface area contributed by atoms with E-state index < -0.39 is 0 Å². The largest absolute Gasteiger partial charge is 0.490 e. The topological polar surface area (TPSA) is 72.7 Å². The lowest BCUT2D eigenvalue weighted by Crippen LogP contribution is -2.38. The normalized spacial score (nSPS) is 12.1. The van der Waals surface area contributed by atoms with E-state index in [0.717, 1.165) is 28.6 Å². The predicted molar refractivity (Wildman–Crippen MR) is 119 cm³/mol. The molecule has 0 bridgehead atoms. The molecule has 1 atom stereocenters. The van der Waals surface area contributed by atoms with Crippen molar-refractivity contribution in [2.75, 3.05) is 20.3 Å². The highest BCUT2D eigenvalue weighted by Gasteiger charge is 2.12. The molecule has 0 radical (unpaired) electrons. The van der Waals surface area contributed by atoms with Gasteiger partial charge in [-0.2, -0.15) is 5.10 Å². The van der Waals surface area contributed by atoms with Crippen molar-refractivity contribution in [1.82, 2.24) is 20.4 Å². The molecule has 2 rings (SSSR count). The summed E-state index contributed by atoms with van der Waals surface area (Å²) < 4.78 is 13.1. The fourth-order valence-electron chi connectivity index (χ4n) is 2.57. The van der Waals surface area contributed by atoms with Crippen molar-refractivity contribution in [2.24, 2.45) is 12.0 Å². The summed E-state index contributed by atoms with van der Waals surface area (Å²) in [6, 6.07) is 6.07. The number of rotatable bonds is 8. The van der Waals surface area contributed by atoms with Gasteiger partial charge in [0, 0.05) is 32.4 Å². The predicted octanol–water partition coefficient (Wildman–Crippen LogP) is 3.26. The minimum Gasteiger partial charge on any atom is -0.490 e. The van der Waals surface area contributed by atoms with E-state index >= 15 is 0 Å². The summed E-state index contributed by atoms with van der Waals surface area (Å²) in [7, 11) is 3.66. The Morgan fingerprint density at radius 3 is 2.52 bits per heavy atom. The standard InChI is InChI=1S/C19H29N5O2.HI/c1-6-25-17-9-8-16(10-18(17)26-7-2)14(3)23-19(20-4)21-11-15-12-22-24(5)13-15;/h8-10,12-14H,6-7,11H2,1-5H3,(H2,20,21,23);1H. The molecule has 0 spiro atoms. The number of benzene rings is 1. The molecule has 1 aromatic heterocycles. The molecule has 1 unspecified atom stereocenters. The molecule has 0 fully saturated rings. The zero-order valence-electron chi connectivity index (χ0n) is 16.7. The number of guanidine groups is 1. The Bertz CT molecular complexity index is 733. The van der Waals surface area contributed by atoms with E-state index in [1.807, 2.05) is 51.5 Å². The van der Waals surface area contributed by atoms with Crippen molar-refractivity contribution >= 4 is 29.9 Å². The van der Waals surface area contributed by atoms with Gasteiger partial charge in [0.15, 0.2) is 17.5 Å². The van der Waals surface area contributed by atoms with Crippen LogP contribution in [0.2, 0.25) is 0 Å². The van der Waals surface area contributed by atoms with Crippen molar-refractivity contribution in [1.29, 1.82) is 0 Å². The molecule has 1 heterocycles. The quantitative estimate of drug-likeness (QED) is 0.340. The third kappa shape index (κ3) is 6.93. The van der Waals surface area contributed by atoms with Gasteiger partial charge in [-0.1, -0.05) is 6.07 Å². The van der Waals surface area contributed by atoms with Crippen LogP contribution in [0.3, 0.4) is 0 Å². The minimum absolute atomic E-state index is 0. The fourth-order valence-corrected chi connectivity index (χ4v) is 2.57. The number of nitrogens with zero attached hydrogens (tertiary/aromatic N) is 3. The number of nitrogens with one attached hydrogen (secondary N) is 2. The highest BCUT2D eigenvalue weighted by molar-refractivity contribution is 14.0. The van der Waals surface area contributed by atoms with E-state index in [4.69, 9.17) is 9.47 Å². The molecular formula is C19H30IN5O2. The molecule has 8 heteroatoms. The molecule has 0 saturated carbocycles. The van der Waals surface area contributed by atoms with Gasteiger partial charge in [0.2, 0.25) is 0 Å². The van der Waals surface area contributed by atoms with Gasteiger partial charge >= 0.3 is 0 Å². The van der Waals surface area contributed by atoms with Crippen molar-refractivity contribution < 1.29 is 9.47 Å². The van der Waals surface area contributed by atoms with Crippen LogP contribution in [-0.4, -0.2) is 36.0 Å². The maximum atomic E-state index is 5.71. The second-order valence-corrected chi connectivity index (χ2v) is 5.89. The van der Waals surface area contributed by atoms with Crippen molar-refractivity contribution in [2.45, 2.75) is 33.4 Å². The number of aryl methyl sites for hydroxylation is 1. The molecule has 150 valence electrons. The molecule has 2 N–H and O–H groups in total. The average Bonchev–Trinajstić information content (AvgIpc) is 3.05. The Hall–Kier alpha value is -1.97. The Labute approximate surface area is 178 Å². The summed E-state index contributed by atoms with van der Waals surface area (Å²) in [5, 5.41) is 10.9. The summed E-state index contributed by atoms with van der Waals surface area (Å²) >= 11 is 0. The third-order valence-corrected chi connectivity index (χ3v) is 3.86. The number of hydrogen-bond donors (Lipinski definition) is 2. The third-order valence-electron chi connectivity index (χ3n) is 3.86. The summed E-state index contributed by atoms with van der Waals surface area (Å²) in [5.41, 5.74) is 2.20. The highest BCUT2D eigenvalue weighted by Crippen LogP contribution is 2.30. The van der Waals surface area contributed by atoms with Crippen LogP contribution in [0.1, 0.15) is 37.9 Å². The molecule has 1 aromatic carbocycles. The van der Waals surface area contributed by atoms with Gasteiger partial charge in [-0.15, -0.1) is 24.0 Å². The Kier molecular flexibility index (Phi) is 9.98. The van der Waals surface area contributed by atoms with Gasteiger partial charge in [-0.3, -0.25) is 9.67 Å². The maximum absolute atomic E-state index is 5.71. The number of ether oxygens (including phenoxy) is 2. The van der Waals surface area contributed by atoms with Crippen LogP contribution in [0, 0.1) is 0 Å². The summed E-state index contributed by atoms with van der Waals surface area (Å²) in [4.78, 5) is 4.29. The number of aromatic nitrogens is 2. The van der Waals surface area contributed by atoms with Crippen LogP contribution >= 0.6 is 24.0 Å². The second kappa shape index (κ2) is 11.7. The molecule has 7 nitrogen and oxygen atoms in total. The Balaban J connectivity index is 0.00000364. The van der Waals surface area contributed by atoms with Crippen molar-refractivity contribution in [3.8, 4) is 11.5 Å². The van der Waals surface area contributed by atoms with E-state index in [1.165, 1.54) is 0 Å². The number of halogens is 1. The van der Waals surface area contributed by atoms with Crippen molar-refractivity contribution in [3.63, 3.8) is 0 Å². The Morgan fingerprint density at radius 1 is 1.22 bits per heavy atom. The minimum atomic E-state index is 0. The molecule has 0 amide bonds. The van der Waals surface area contributed by atoms with E-state index in [2.05, 4.69) is 27.6 Å². The van der Waals surface area contributed by atoms with Crippen LogP contribution in [0.4, 0.5) is 0 Å². The van der Waals surface area contributed by atoms with E-state index in [9.17, 15) is 0 Å². The molecule has 2 aromatic rings. The van der Waals surface area contributed by atoms with Crippen LogP contribution in [0.15, 0.2) is 35.6 Å². The van der Waals surface area contributed by atoms with E-state index in [1.54, 1.807) is 11.7 Å². The maximum Gasteiger partial charge on any atom is 0.191 e. The van der Waals surface area contributed by atoms with E-state index in [0.29, 0.717) is 19.8 Å². The summed E-state index contributed by atoms with van der Waals surface area (Å²) in [5.74, 6) is 2.26. The number of aliphatic imine (C=N–C) groups is 1.